The van der Waals surface area contributed by atoms with E-state index in [1.807, 2.05) is 0 Å². The van der Waals surface area contributed by atoms with Gasteiger partial charge < -0.3 is 14.3 Å². The first-order valence-electron chi connectivity index (χ1n) is 5.08. The summed E-state index contributed by atoms with van der Waals surface area (Å²) in [6.07, 6.45) is 2.17. The van der Waals surface area contributed by atoms with Gasteiger partial charge in [-0.05, 0) is 24.3 Å². The molecule has 92 valence electrons. The first-order valence-corrected chi connectivity index (χ1v) is 5.08. The predicted molar refractivity (Wildman–Crippen MR) is 63.0 cm³/mol. The van der Waals surface area contributed by atoms with Gasteiger partial charge in [0, 0.05) is 17.7 Å². The number of carboxylic acid groups (broad SMARTS) is 1. The molecule has 1 heterocycles. The van der Waals surface area contributed by atoms with Crippen molar-refractivity contribution in [1.82, 2.24) is 10.2 Å². The Morgan fingerprint density at radius 3 is 2.67 bits per heavy atom. The van der Waals surface area contributed by atoms with Crippen LogP contribution in [0.3, 0.4) is 0 Å². The van der Waals surface area contributed by atoms with Crippen molar-refractivity contribution in [2.24, 2.45) is 0 Å². The highest BCUT2D eigenvalue weighted by molar-refractivity contribution is 5.84. The number of benzene rings is 1. The van der Waals surface area contributed by atoms with Crippen LogP contribution in [-0.2, 0) is 4.79 Å². The Kier molecular flexibility index (Phi) is 3.38. The summed E-state index contributed by atoms with van der Waals surface area (Å²) in [6.45, 7) is 0. The Labute approximate surface area is 103 Å². The third-order valence-corrected chi connectivity index (χ3v) is 2.15. The molecule has 0 saturated carbocycles. The third kappa shape index (κ3) is 2.73. The average Bonchev–Trinajstić information content (AvgIpc) is 2.85. The molecule has 0 unspecified atom stereocenters. The van der Waals surface area contributed by atoms with Crippen molar-refractivity contribution in [3.8, 4) is 17.2 Å². The summed E-state index contributed by atoms with van der Waals surface area (Å²) in [5.41, 5.74) is 0.735. The van der Waals surface area contributed by atoms with Crippen LogP contribution in [0.2, 0.25) is 0 Å². The van der Waals surface area contributed by atoms with Crippen molar-refractivity contribution in [2.45, 2.75) is 0 Å². The number of methoxy groups -OCH3 is 1. The molecule has 0 aliphatic heterocycles. The van der Waals surface area contributed by atoms with E-state index < -0.39 is 5.97 Å². The van der Waals surface area contributed by atoms with Crippen LogP contribution in [0, 0.1) is 0 Å². The van der Waals surface area contributed by atoms with Gasteiger partial charge in [0.25, 0.3) is 0 Å². The van der Waals surface area contributed by atoms with Gasteiger partial charge in [-0.1, -0.05) is 0 Å². The van der Waals surface area contributed by atoms with Crippen molar-refractivity contribution < 1.29 is 19.1 Å². The van der Waals surface area contributed by atoms with Crippen LogP contribution < -0.4 is 4.74 Å². The number of aliphatic carboxylic acids is 1. The van der Waals surface area contributed by atoms with Crippen LogP contribution in [0.15, 0.2) is 34.8 Å². The van der Waals surface area contributed by atoms with Gasteiger partial charge >= 0.3 is 5.97 Å². The Hall–Kier alpha value is -2.63. The molecule has 0 bridgehead atoms. The highest BCUT2D eigenvalue weighted by Gasteiger charge is 2.06. The van der Waals surface area contributed by atoms with E-state index in [1.165, 1.54) is 6.08 Å². The highest BCUT2D eigenvalue weighted by atomic mass is 16.5. The summed E-state index contributed by atoms with van der Waals surface area (Å²) in [4.78, 5) is 10.3. The van der Waals surface area contributed by atoms with E-state index in [0.717, 1.165) is 17.4 Å². The maximum atomic E-state index is 10.3. The lowest BCUT2D eigenvalue weighted by Crippen LogP contribution is -1.85. The average molecular weight is 246 g/mol. The van der Waals surface area contributed by atoms with E-state index in [0.29, 0.717) is 5.89 Å². The Balaban J connectivity index is 2.20. The standard InChI is InChI=1S/C12H10N2O4/c1-17-9-4-2-8(3-5-9)12-14-13-10(18-12)6-7-11(15)16/h2-7H,1H3,(H,15,16). The minimum Gasteiger partial charge on any atom is -0.497 e. The maximum Gasteiger partial charge on any atom is 0.328 e. The van der Waals surface area contributed by atoms with E-state index in [9.17, 15) is 4.79 Å². The van der Waals surface area contributed by atoms with Crippen molar-refractivity contribution in [1.29, 1.82) is 0 Å². The molecular formula is C12H10N2O4. The highest BCUT2D eigenvalue weighted by Crippen LogP contribution is 2.21. The normalized spacial score (nSPS) is 10.7. The van der Waals surface area contributed by atoms with Crippen LogP contribution in [-0.4, -0.2) is 28.4 Å². The number of rotatable bonds is 4. The van der Waals surface area contributed by atoms with Gasteiger partial charge in [0.1, 0.15) is 5.75 Å². The summed E-state index contributed by atoms with van der Waals surface area (Å²) in [5.74, 6) is 0.120. The maximum absolute atomic E-state index is 10.3. The molecule has 2 aromatic rings. The van der Waals surface area contributed by atoms with E-state index >= 15 is 0 Å². The molecule has 0 aliphatic rings. The minimum absolute atomic E-state index is 0.142. The zero-order valence-electron chi connectivity index (χ0n) is 9.53. The predicted octanol–water partition coefficient (Wildman–Crippen LogP) is 1.84. The number of ether oxygens (including phenoxy) is 1. The van der Waals surface area contributed by atoms with Gasteiger partial charge in [0.15, 0.2) is 0 Å². The minimum atomic E-state index is -1.07. The summed E-state index contributed by atoms with van der Waals surface area (Å²) in [6, 6.07) is 7.09. The molecule has 0 radical (unpaired) electrons. The fourth-order valence-electron chi connectivity index (χ4n) is 1.29. The van der Waals surface area contributed by atoms with Crippen molar-refractivity contribution in [3.05, 3.63) is 36.2 Å². The molecule has 0 spiro atoms. The molecule has 2 rings (SSSR count). The first-order chi connectivity index (χ1) is 8.69. The molecule has 1 aromatic heterocycles. The lowest BCUT2D eigenvalue weighted by atomic mass is 10.2. The van der Waals surface area contributed by atoms with Crippen molar-refractivity contribution in [3.63, 3.8) is 0 Å². The molecule has 0 aliphatic carbocycles. The lowest BCUT2D eigenvalue weighted by molar-refractivity contribution is -0.131. The Bertz CT molecular complexity index is 572. The summed E-state index contributed by atoms with van der Waals surface area (Å²) < 4.78 is 10.3. The van der Waals surface area contributed by atoms with Gasteiger partial charge in [-0.25, -0.2) is 4.79 Å². The summed E-state index contributed by atoms with van der Waals surface area (Å²) in [7, 11) is 1.58. The topological polar surface area (TPSA) is 85.5 Å². The molecule has 0 atom stereocenters. The molecule has 18 heavy (non-hydrogen) atoms. The van der Waals surface area contributed by atoms with Crippen LogP contribution in [0.25, 0.3) is 17.5 Å². The van der Waals surface area contributed by atoms with Crippen LogP contribution >= 0.6 is 0 Å². The van der Waals surface area contributed by atoms with E-state index in [-0.39, 0.29) is 5.89 Å². The largest absolute Gasteiger partial charge is 0.497 e. The van der Waals surface area contributed by atoms with Gasteiger partial charge in [0.05, 0.1) is 7.11 Å². The Morgan fingerprint density at radius 2 is 2.06 bits per heavy atom. The number of hydrogen-bond donors (Lipinski definition) is 1. The van der Waals surface area contributed by atoms with Crippen LogP contribution in [0.5, 0.6) is 5.75 Å². The van der Waals surface area contributed by atoms with Gasteiger partial charge in [-0.2, -0.15) is 0 Å². The monoisotopic (exact) mass is 246 g/mol. The van der Waals surface area contributed by atoms with E-state index in [2.05, 4.69) is 10.2 Å². The fourth-order valence-corrected chi connectivity index (χ4v) is 1.29. The molecule has 1 N–H and O–H groups in total. The second-order valence-corrected chi connectivity index (χ2v) is 3.35. The van der Waals surface area contributed by atoms with Gasteiger partial charge in [-0.15, -0.1) is 10.2 Å². The zero-order valence-corrected chi connectivity index (χ0v) is 9.53. The summed E-state index contributed by atoms with van der Waals surface area (Å²) >= 11 is 0. The number of carbonyl (C=O) groups is 1. The molecule has 0 fully saturated rings. The SMILES string of the molecule is COc1ccc(-c2nnc(C=CC(=O)O)o2)cc1. The number of nitrogens with zero attached hydrogens (tertiary/aromatic N) is 2. The number of carboxylic acids is 1. The quantitative estimate of drug-likeness (QED) is 0.828. The smallest absolute Gasteiger partial charge is 0.328 e. The zero-order chi connectivity index (χ0) is 13.0. The fraction of sp³-hybridized carbons (Fsp3) is 0.0833. The van der Waals surface area contributed by atoms with Crippen molar-refractivity contribution >= 4 is 12.0 Å². The summed E-state index contributed by atoms with van der Waals surface area (Å²) in [5, 5.41) is 16.0. The lowest BCUT2D eigenvalue weighted by Gasteiger charge is -1.98. The second-order valence-electron chi connectivity index (χ2n) is 3.35. The molecule has 6 nitrogen and oxygen atoms in total. The first kappa shape index (κ1) is 11.8. The molecule has 0 amide bonds. The van der Waals surface area contributed by atoms with Gasteiger partial charge in [-0.3, -0.25) is 0 Å². The number of aromatic nitrogens is 2. The Morgan fingerprint density at radius 1 is 1.33 bits per heavy atom. The molecule has 6 heteroatoms. The van der Waals surface area contributed by atoms with Crippen LogP contribution in [0.4, 0.5) is 0 Å². The van der Waals surface area contributed by atoms with E-state index in [4.69, 9.17) is 14.3 Å². The second kappa shape index (κ2) is 5.13. The number of hydrogen-bond acceptors (Lipinski definition) is 5. The van der Waals surface area contributed by atoms with Crippen LogP contribution in [0.1, 0.15) is 5.89 Å². The molecular weight excluding hydrogens is 236 g/mol. The molecule has 1 aromatic carbocycles. The van der Waals surface area contributed by atoms with E-state index in [1.54, 1.807) is 31.4 Å². The van der Waals surface area contributed by atoms with Gasteiger partial charge in [0.2, 0.25) is 11.8 Å². The van der Waals surface area contributed by atoms with Crippen molar-refractivity contribution in [2.75, 3.05) is 7.11 Å². The third-order valence-electron chi connectivity index (χ3n) is 2.15. The molecule has 0 saturated heterocycles.